The second kappa shape index (κ2) is 11.2. The van der Waals surface area contributed by atoms with Gasteiger partial charge in [0.25, 0.3) is 0 Å². The van der Waals surface area contributed by atoms with Gasteiger partial charge in [0.05, 0.1) is 12.2 Å². The predicted octanol–water partition coefficient (Wildman–Crippen LogP) is 7.95. The smallest absolute Gasteiger partial charge is 0.410 e. The lowest BCUT2D eigenvalue weighted by molar-refractivity contribution is -0.191. The van der Waals surface area contributed by atoms with Crippen LogP contribution in [0.3, 0.4) is 0 Å². The largest absolute Gasteiger partial charge is 0.487 e. The van der Waals surface area contributed by atoms with Crippen LogP contribution in [0.5, 0.6) is 5.75 Å². The molecule has 1 aromatic carbocycles. The number of allylic oxidation sites excluding steroid dienone is 2. The minimum absolute atomic E-state index is 0.0394. The molecule has 2 saturated heterocycles. The summed E-state index contributed by atoms with van der Waals surface area (Å²) in [6.45, 7) is 14.8. The first-order valence-corrected chi connectivity index (χ1v) is 15.2. The molecule has 1 aliphatic carbocycles. The second-order valence-corrected chi connectivity index (χ2v) is 13.5. The quantitative estimate of drug-likeness (QED) is 0.368. The van der Waals surface area contributed by atoms with Gasteiger partial charge in [-0.15, -0.1) is 0 Å². The van der Waals surface area contributed by atoms with Crippen LogP contribution in [-0.4, -0.2) is 41.9 Å². The minimum Gasteiger partial charge on any atom is -0.487 e. The van der Waals surface area contributed by atoms with Crippen molar-refractivity contribution in [1.82, 2.24) is 4.90 Å². The zero-order chi connectivity index (χ0) is 27.0. The highest BCUT2D eigenvalue weighted by atomic mass is 16.6. The van der Waals surface area contributed by atoms with Crippen LogP contribution in [0.1, 0.15) is 98.2 Å². The molecule has 0 aromatic heterocycles. The van der Waals surface area contributed by atoms with E-state index in [1.54, 1.807) is 0 Å². The lowest BCUT2D eigenvalue weighted by atomic mass is 9.68. The molecule has 5 heteroatoms. The third-order valence-corrected chi connectivity index (χ3v) is 9.93. The van der Waals surface area contributed by atoms with E-state index in [9.17, 15) is 4.79 Å². The summed E-state index contributed by atoms with van der Waals surface area (Å²) in [4.78, 5) is 15.4. The number of para-hydroxylation sites is 1. The third-order valence-electron chi connectivity index (χ3n) is 9.93. The van der Waals surface area contributed by atoms with E-state index in [-0.39, 0.29) is 35.9 Å². The molecule has 0 unspecified atom stereocenters. The molecule has 5 rings (SSSR count). The van der Waals surface area contributed by atoms with E-state index in [2.05, 4.69) is 71.9 Å². The fourth-order valence-corrected chi connectivity index (χ4v) is 7.65. The first kappa shape index (κ1) is 27.6. The molecule has 0 spiro atoms. The SMILES string of the molecule is CC(C)=CCC[C@@]1(C)Oc2ccccc2[C@H]2O[C@H]3CCN(C(=O)O[C@@H]4C[C@H](C)CC[C@H]4C(C)C)C[C@@H]3C[C@@H]21. The number of carbonyl (C=O) groups excluding carboxylic acids is 1. The summed E-state index contributed by atoms with van der Waals surface area (Å²) < 4.78 is 19.9. The number of benzene rings is 1. The molecule has 8 atom stereocenters. The molecule has 4 aliphatic rings. The van der Waals surface area contributed by atoms with Crippen molar-refractivity contribution < 1.29 is 19.0 Å². The van der Waals surface area contributed by atoms with Crippen LogP contribution in [0.2, 0.25) is 0 Å². The lowest BCUT2D eigenvalue weighted by Gasteiger charge is -2.54. The van der Waals surface area contributed by atoms with Gasteiger partial charge >= 0.3 is 6.09 Å². The number of carbonyl (C=O) groups is 1. The predicted molar refractivity (Wildman–Crippen MR) is 151 cm³/mol. The molecule has 1 amide bonds. The molecule has 38 heavy (non-hydrogen) atoms. The highest BCUT2D eigenvalue weighted by molar-refractivity contribution is 5.68. The summed E-state index contributed by atoms with van der Waals surface area (Å²) in [6.07, 6.45) is 9.66. The zero-order valence-electron chi connectivity index (χ0n) is 24.4. The molecule has 5 nitrogen and oxygen atoms in total. The van der Waals surface area contributed by atoms with E-state index < -0.39 is 0 Å². The van der Waals surface area contributed by atoms with Crippen LogP contribution < -0.4 is 4.74 Å². The number of piperidine rings is 1. The first-order valence-electron chi connectivity index (χ1n) is 15.2. The Bertz CT molecular complexity index is 1020. The Morgan fingerprint density at radius 2 is 1.97 bits per heavy atom. The van der Waals surface area contributed by atoms with Gasteiger partial charge in [-0.2, -0.15) is 0 Å². The van der Waals surface area contributed by atoms with Crippen LogP contribution >= 0.6 is 0 Å². The number of nitrogens with zero attached hydrogens (tertiary/aromatic N) is 1. The average Bonchev–Trinajstić information content (AvgIpc) is 2.87. The fraction of sp³-hybridized carbons (Fsp3) is 0.727. The lowest BCUT2D eigenvalue weighted by Crippen LogP contribution is -2.57. The van der Waals surface area contributed by atoms with Crippen molar-refractivity contribution in [2.45, 2.75) is 110 Å². The highest BCUT2D eigenvalue weighted by Crippen LogP contribution is 2.54. The third kappa shape index (κ3) is 5.64. The van der Waals surface area contributed by atoms with Gasteiger partial charge in [0.15, 0.2) is 0 Å². The maximum atomic E-state index is 13.4. The maximum absolute atomic E-state index is 13.4. The molecular formula is C33H49NO4. The Hall–Kier alpha value is -2.01. The van der Waals surface area contributed by atoms with Gasteiger partial charge in [-0.05, 0) is 83.1 Å². The Morgan fingerprint density at radius 3 is 2.74 bits per heavy atom. The van der Waals surface area contributed by atoms with Gasteiger partial charge in [-0.25, -0.2) is 4.79 Å². The van der Waals surface area contributed by atoms with Crippen molar-refractivity contribution in [3.05, 3.63) is 41.5 Å². The number of ether oxygens (including phenoxy) is 3. The highest BCUT2D eigenvalue weighted by Gasteiger charge is 2.53. The second-order valence-electron chi connectivity index (χ2n) is 13.5. The van der Waals surface area contributed by atoms with E-state index in [1.165, 1.54) is 17.6 Å². The van der Waals surface area contributed by atoms with Crippen LogP contribution in [0, 0.1) is 29.6 Å². The fourth-order valence-electron chi connectivity index (χ4n) is 7.65. The number of rotatable bonds is 5. The summed E-state index contributed by atoms with van der Waals surface area (Å²) in [6, 6.07) is 8.42. The Balaban J connectivity index is 1.30. The molecule has 3 fully saturated rings. The molecule has 1 aromatic rings. The topological polar surface area (TPSA) is 48.0 Å². The van der Waals surface area contributed by atoms with Crippen LogP contribution in [-0.2, 0) is 9.47 Å². The molecular weight excluding hydrogens is 474 g/mol. The first-order chi connectivity index (χ1) is 18.1. The van der Waals surface area contributed by atoms with Crippen molar-refractivity contribution in [1.29, 1.82) is 0 Å². The molecule has 1 saturated carbocycles. The van der Waals surface area contributed by atoms with E-state index in [4.69, 9.17) is 14.2 Å². The standard InChI is InChI=1S/C33H49NO4/c1-21(2)10-9-16-33(6)27-19-24-20-34(32(35)37-30-18-23(5)13-14-25(30)22(3)4)17-15-28(24)36-31(27)26-11-7-8-12-29(26)38-33/h7-8,10-12,22-25,27-28,30-31H,9,13-20H2,1-6H3/t23-,24+,25+,27+,28+,30-,31-,33-/m1/s1. The monoisotopic (exact) mass is 523 g/mol. The van der Waals surface area contributed by atoms with E-state index in [0.29, 0.717) is 36.8 Å². The summed E-state index contributed by atoms with van der Waals surface area (Å²) in [7, 11) is 0. The normalized spacial score (nSPS) is 36.4. The number of likely N-dealkylation sites (tertiary alicyclic amines) is 1. The van der Waals surface area contributed by atoms with Gasteiger partial charge in [-0.3, -0.25) is 0 Å². The molecule has 3 heterocycles. The van der Waals surface area contributed by atoms with Crippen molar-refractivity contribution >= 4 is 6.09 Å². The molecule has 0 bridgehead atoms. The Kier molecular flexibility index (Phi) is 8.14. The van der Waals surface area contributed by atoms with Crippen molar-refractivity contribution in [3.8, 4) is 5.75 Å². The van der Waals surface area contributed by atoms with Gasteiger partial charge < -0.3 is 19.1 Å². The Morgan fingerprint density at radius 1 is 1.18 bits per heavy atom. The molecule has 3 aliphatic heterocycles. The summed E-state index contributed by atoms with van der Waals surface area (Å²) in [5, 5.41) is 0. The average molecular weight is 524 g/mol. The number of amides is 1. The summed E-state index contributed by atoms with van der Waals surface area (Å²) in [5.74, 6) is 3.15. The van der Waals surface area contributed by atoms with Gasteiger partial charge in [-0.1, -0.05) is 57.0 Å². The minimum atomic E-state index is -0.304. The number of hydrogen-bond donors (Lipinski definition) is 0. The molecule has 0 radical (unpaired) electrons. The van der Waals surface area contributed by atoms with E-state index in [0.717, 1.165) is 44.3 Å². The van der Waals surface area contributed by atoms with E-state index in [1.807, 2.05) is 4.90 Å². The van der Waals surface area contributed by atoms with Crippen molar-refractivity contribution in [2.75, 3.05) is 13.1 Å². The van der Waals surface area contributed by atoms with Gasteiger partial charge in [0.2, 0.25) is 0 Å². The summed E-state index contributed by atoms with van der Waals surface area (Å²) >= 11 is 0. The number of hydrogen-bond acceptors (Lipinski definition) is 4. The van der Waals surface area contributed by atoms with E-state index >= 15 is 0 Å². The van der Waals surface area contributed by atoms with Crippen molar-refractivity contribution in [2.24, 2.45) is 29.6 Å². The van der Waals surface area contributed by atoms with Crippen LogP contribution in [0.15, 0.2) is 35.9 Å². The van der Waals surface area contributed by atoms with Gasteiger partial charge in [0.1, 0.15) is 17.5 Å². The summed E-state index contributed by atoms with van der Waals surface area (Å²) in [5.41, 5.74) is 2.22. The zero-order valence-corrected chi connectivity index (χ0v) is 24.4. The van der Waals surface area contributed by atoms with Crippen LogP contribution in [0.25, 0.3) is 0 Å². The molecule has 0 N–H and O–H groups in total. The van der Waals surface area contributed by atoms with Crippen molar-refractivity contribution in [3.63, 3.8) is 0 Å². The maximum Gasteiger partial charge on any atom is 0.410 e. The van der Waals surface area contributed by atoms with Crippen LogP contribution in [0.4, 0.5) is 4.79 Å². The Labute approximate surface area is 230 Å². The number of fused-ring (bicyclic) bond motifs is 4. The van der Waals surface area contributed by atoms with Gasteiger partial charge in [0, 0.05) is 30.5 Å². The molecule has 210 valence electrons.